The first-order valence-corrected chi connectivity index (χ1v) is 13.2. The van der Waals surface area contributed by atoms with Crippen LogP contribution in [0.5, 0.6) is 0 Å². The van der Waals surface area contributed by atoms with Gasteiger partial charge in [-0.1, -0.05) is 0 Å². The minimum Gasteiger partial charge on any atom is -0.387 e. The van der Waals surface area contributed by atoms with Gasteiger partial charge in [0.2, 0.25) is 0 Å². The molecule has 0 radical (unpaired) electrons. The highest BCUT2D eigenvalue weighted by molar-refractivity contribution is 7.66. The zero-order chi connectivity index (χ0) is 24.8. The number of aliphatic hydroxyl groups excluding tert-OH is 1. The van der Waals surface area contributed by atoms with Gasteiger partial charge >= 0.3 is 23.5 Å². The third kappa shape index (κ3) is 6.01. The van der Waals surface area contributed by atoms with Crippen molar-refractivity contribution in [2.45, 2.75) is 24.5 Å². The van der Waals surface area contributed by atoms with Crippen molar-refractivity contribution in [1.82, 2.24) is 19.1 Å². The number of imidazole rings is 1. The number of rotatable bonds is 9. The highest BCUT2D eigenvalue weighted by Gasteiger charge is 2.47. The second kappa shape index (κ2) is 9.36. The van der Waals surface area contributed by atoms with E-state index in [1.54, 1.807) is 0 Å². The molecule has 0 spiro atoms. The number of fused-ring (bicyclic) bond motifs is 1. The van der Waals surface area contributed by atoms with Crippen molar-refractivity contribution in [2.75, 3.05) is 13.7 Å². The average Bonchev–Trinajstić information content (AvgIpc) is 3.21. The summed E-state index contributed by atoms with van der Waals surface area (Å²) in [6.07, 6.45) is -2.60. The van der Waals surface area contributed by atoms with Crippen molar-refractivity contribution in [3.05, 3.63) is 23.0 Å². The van der Waals surface area contributed by atoms with Gasteiger partial charge in [-0.15, -0.1) is 0 Å². The summed E-state index contributed by atoms with van der Waals surface area (Å²) >= 11 is 0. The summed E-state index contributed by atoms with van der Waals surface area (Å²) in [4.78, 5) is 56.1. The maximum Gasteiger partial charge on any atom is 0.490 e. The molecule has 2 aromatic rings. The number of methoxy groups -OCH3 is 1. The summed E-state index contributed by atoms with van der Waals surface area (Å²) in [7, 11) is -14.0. The molecule has 3 heterocycles. The molecule has 0 bridgehead atoms. The van der Waals surface area contributed by atoms with E-state index in [0.29, 0.717) is 0 Å². The Balaban J connectivity index is 1.75. The Kier molecular flexibility index (Phi) is 7.44. The van der Waals surface area contributed by atoms with Crippen molar-refractivity contribution < 1.29 is 61.0 Å². The van der Waals surface area contributed by atoms with E-state index in [0.717, 1.165) is 0 Å². The van der Waals surface area contributed by atoms with Crippen LogP contribution in [0.2, 0.25) is 0 Å². The molecule has 5 N–H and O–H groups in total. The van der Waals surface area contributed by atoms with Crippen molar-refractivity contribution >= 4 is 34.6 Å². The van der Waals surface area contributed by atoms with Crippen LogP contribution in [-0.4, -0.2) is 75.8 Å². The van der Waals surface area contributed by atoms with Crippen molar-refractivity contribution in [1.29, 1.82) is 0 Å². The Morgan fingerprint density at radius 2 is 1.76 bits per heavy atom. The minimum atomic E-state index is -5.70. The lowest BCUT2D eigenvalue weighted by molar-refractivity contribution is -0.0577. The Hall–Kier alpha value is -1.36. The van der Waals surface area contributed by atoms with Crippen LogP contribution in [0.1, 0.15) is 6.23 Å². The Bertz CT molecular complexity index is 1220. The molecule has 3 rings (SSSR count). The second-order valence-corrected chi connectivity index (χ2v) is 11.0. The molecular weight excluding hydrogens is 517 g/mol. The van der Waals surface area contributed by atoms with E-state index in [-0.39, 0.29) is 11.2 Å². The van der Waals surface area contributed by atoms with Gasteiger partial charge in [0.25, 0.3) is 5.56 Å². The molecule has 1 fully saturated rings. The van der Waals surface area contributed by atoms with Gasteiger partial charge in [0.05, 0.1) is 19.3 Å². The largest absolute Gasteiger partial charge is 0.490 e. The fourth-order valence-corrected chi connectivity index (χ4v) is 6.02. The van der Waals surface area contributed by atoms with Crippen molar-refractivity contribution in [3.63, 3.8) is 0 Å². The van der Waals surface area contributed by atoms with E-state index < -0.39 is 60.2 Å². The van der Waals surface area contributed by atoms with E-state index in [2.05, 4.69) is 23.1 Å². The second-order valence-electron chi connectivity index (χ2n) is 6.63. The minimum absolute atomic E-state index is 0.00431. The van der Waals surface area contributed by atoms with Gasteiger partial charge in [-0.25, -0.2) is 23.7 Å². The van der Waals surface area contributed by atoms with Crippen LogP contribution >= 0.6 is 23.5 Å². The summed E-state index contributed by atoms with van der Waals surface area (Å²) in [5, 5.41) is 10.5. The molecule has 0 saturated carbocycles. The fourth-order valence-electron chi connectivity index (χ4n) is 2.99. The summed E-state index contributed by atoms with van der Waals surface area (Å²) < 4.78 is 59.0. The molecular formula is C12H19N4O14P3. The predicted octanol–water partition coefficient (Wildman–Crippen LogP) is -1.25. The van der Waals surface area contributed by atoms with Gasteiger partial charge in [0.1, 0.15) is 18.3 Å². The van der Waals surface area contributed by atoms with E-state index in [1.807, 2.05) is 0 Å². The van der Waals surface area contributed by atoms with Gasteiger partial charge in [-0.2, -0.15) is 8.62 Å². The molecule has 0 aliphatic carbocycles. The molecule has 0 aromatic carbocycles. The first-order chi connectivity index (χ1) is 15.1. The Labute approximate surface area is 183 Å². The first-order valence-electron chi connectivity index (χ1n) is 8.67. The Morgan fingerprint density at radius 1 is 1.09 bits per heavy atom. The highest BCUT2D eigenvalue weighted by atomic mass is 31.3. The van der Waals surface area contributed by atoms with Crippen LogP contribution in [-0.2, 0) is 43.4 Å². The first kappa shape index (κ1) is 26.2. The van der Waals surface area contributed by atoms with E-state index in [4.69, 9.17) is 19.3 Å². The number of ether oxygens (including phenoxy) is 2. The van der Waals surface area contributed by atoms with Crippen LogP contribution in [0, 0.1) is 0 Å². The topological polar surface area (TPSA) is 251 Å². The number of aryl methyl sites for hydroxylation is 1. The number of hydrogen-bond donors (Lipinski definition) is 5. The van der Waals surface area contributed by atoms with Crippen LogP contribution < -0.4 is 5.56 Å². The van der Waals surface area contributed by atoms with Crippen molar-refractivity contribution in [2.24, 2.45) is 7.05 Å². The van der Waals surface area contributed by atoms with E-state index in [9.17, 15) is 33.4 Å². The number of aliphatic hydroxyl groups is 1. The number of hydrogen-bond acceptors (Lipinski definition) is 12. The molecule has 186 valence electrons. The van der Waals surface area contributed by atoms with Gasteiger partial charge in [-0.3, -0.25) is 13.9 Å². The lowest BCUT2D eigenvalue weighted by Crippen LogP contribution is -2.35. The van der Waals surface area contributed by atoms with Gasteiger partial charge < -0.3 is 38.7 Å². The van der Waals surface area contributed by atoms with Crippen LogP contribution in [0.15, 0.2) is 17.4 Å². The maximum absolute atomic E-state index is 12.2. The van der Waals surface area contributed by atoms with Gasteiger partial charge in [-0.05, 0) is 0 Å². The molecule has 1 aliphatic rings. The molecule has 21 heteroatoms. The fraction of sp³-hybridized carbons (Fsp3) is 0.583. The molecule has 0 amide bonds. The standard InChI is InChI=1S/C12H19N4O14P3/c1-15-4-14-10-7(11(15)18)13-5-16(10)12-9(26-2)8(17)6(28-12)3-27-32(22,23)30-33(24,25)29-31(19,20)21/h4-6,8-9,12,17H,3H2,1-2H3,(H,22,23)(H,24,25)(H2,19,20,21)/t6-,8-,9-,12-/m1/s1. The molecule has 2 unspecified atom stereocenters. The highest BCUT2D eigenvalue weighted by Crippen LogP contribution is 2.66. The van der Waals surface area contributed by atoms with Gasteiger partial charge in [0.15, 0.2) is 17.4 Å². The molecule has 33 heavy (non-hydrogen) atoms. The quantitative estimate of drug-likeness (QED) is 0.235. The molecule has 1 aliphatic heterocycles. The lowest BCUT2D eigenvalue weighted by atomic mass is 10.1. The van der Waals surface area contributed by atoms with Crippen LogP contribution in [0.4, 0.5) is 0 Å². The summed E-state index contributed by atoms with van der Waals surface area (Å²) in [6.45, 7) is -0.900. The monoisotopic (exact) mass is 536 g/mol. The molecule has 6 atom stereocenters. The zero-order valence-corrected chi connectivity index (χ0v) is 19.4. The van der Waals surface area contributed by atoms with E-state index >= 15 is 0 Å². The molecule has 1 saturated heterocycles. The van der Waals surface area contributed by atoms with Crippen LogP contribution in [0.25, 0.3) is 11.2 Å². The average molecular weight is 536 g/mol. The number of phosphoric ester groups is 1. The molecule has 2 aromatic heterocycles. The normalized spacial score (nSPS) is 27.5. The Morgan fingerprint density at radius 3 is 2.36 bits per heavy atom. The predicted molar refractivity (Wildman–Crippen MR) is 103 cm³/mol. The maximum atomic E-state index is 12.2. The number of aromatic nitrogens is 4. The third-order valence-corrected chi connectivity index (χ3v) is 8.12. The van der Waals surface area contributed by atoms with Crippen molar-refractivity contribution in [3.8, 4) is 0 Å². The van der Waals surface area contributed by atoms with Gasteiger partial charge in [0, 0.05) is 14.2 Å². The molecule has 18 nitrogen and oxygen atoms in total. The zero-order valence-electron chi connectivity index (χ0n) is 16.7. The summed E-state index contributed by atoms with van der Waals surface area (Å²) in [6, 6.07) is 0. The number of nitrogens with zero attached hydrogens (tertiary/aromatic N) is 4. The smallest absolute Gasteiger partial charge is 0.387 e. The summed E-state index contributed by atoms with van der Waals surface area (Å²) in [5.41, 5.74) is -0.342. The van der Waals surface area contributed by atoms with E-state index in [1.165, 1.54) is 35.9 Å². The van der Waals surface area contributed by atoms with Crippen LogP contribution in [0.3, 0.4) is 0 Å². The summed E-state index contributed by atoms with van der Waals surface area (Å²) in [5.74, 6) is 0. The SMILES string of the molecule is CO[C@@H]1[C@H](O)[C@@H](COP(=O)(O)OP(=O)(O)OP(=O)(O)O)O[C@H]1n1cnc2c(=O)n(C)cnc21. The third-order valence-electron chi connectivity index (χ3n) is 4.32. The lowest BCUT2D eigenvalue weighted by Gasteiger charge is -2.19. The number of phosphoric acid groups is 3.